The molecule has 2 aromatic rings. The predicted molar refractivity (Wildman–Crippen MR) is 105 cm³/mol. The summed E-state index contributed by atoms with van der Waals surface area (Å²) in [6.07, 6.45) is 0.484. The molecule has 0 saturated carbocycles. The summed E-state index contributed by atoms with van der Waals surface area (Å²) in [4.78, 5) is 13.6. The number of carboxylic acids is 1. The second-order valence-electron chi connectivity index (χ2n) is 7.13. The number of hydrazine groups is 1. The van der Waals surface area contributed by atoms with Crippen LogP contribution in [0.4, 0.5) is 0 Å². The third kappa shape index (κ3) is 4.35. The summed E-state index contributed by atoms with van der Waals surface area (Å²) < 4.78 is 31.6. The zero-order valence-electron chi connectivity index (χ0n) is 16.0. The summed E-state index contributed by atoms with van der Waals surface area (Å²) >= 11 is 0. The fourth-order valence-corrected chi connectivity index (χ4v) is 4.60. The maximum absolute atomic E-state index is 12.8. The lowest BCUT2D eigenvalue weighted by Gasteiger charge is -2.27. The van der Waals surface area contributed by atoms with E-state index in [9.17, 15) is 13.2 Å². The van der Waals surface area contributed by atoms with Crippen molar-refractivity contribution in [1.82, 2.24) is 9.84 Å². The predicted octanol–water partition coefficient (Wildman–Crippen LogP) is 2.82. The summed E-state index contributed by atoms with van der Waals surface area (Å²) in [7, 11) is -3.91. The molecule has 3 unspecified atom stereocenters. The Morgan fingerprint density at radius 1 is 1.18 bits per heavy atom. The third-order valence-electron chi connectivity index (χ3n) is 4.95. The van der Waals surface area contributed by atoms with Gasteiger partial charge in [-0.05, 0) is 51.1 Å². The highest BCUT2D eigenvalue weighted by atomic mass is 32.2. The van der Waals surface area contributed by atoms with Crippen molar-refractivity contribution in [3.63, 3.8) is 0 Å². The second kappa shape index (κ2) is 7.90. The maximum Gasteiger partial charge on any atom is 0.335 e. The number of aromatic carboxylic acids is 1. The minimum Gasteiger partial charge on any atom is -0.489 e. The quantitative estimate of drug-likeness (QED) is 0.769. The van der Waals surface area contributed by atoms with Crippen LogP contribution < -0.4 is 9.57 Å². The summed E-state index contributed by atoms with van der Waals surface area (Å²) in [5, 5.41) is 10.7. The van der Waals surface area contributed by atoms with Crippen LogP contribution in [-0.4, -0.2) is 42.7 Å². The zero-order valence-corrected chi connectivity index (χ0v) is 16.8. The number of carboxylic acid groups (broad SMARTS) is 1. The SMILES string of the molecule is Cc1ccc(OC2CC(C)N(NS(=O)(=O)c3cccc(C(=O)O)c3)C2C)cc1. The van der Waals surface area contributed by atoms with Gasteiger partial charge in [0.15, 0.2) is 0 Å². The van der Waals surface area contributed by atoms with Crippen LogP contribution in [0, 0.1) is 6.92 Å². The number of benzene rings is 2. The normalized spacial score (nSPS) is 22.9. The molecule has 0 amide bonds. The highest BCUT2D eigenvalue weighted by molar-refractivity contribution is 7.89. The first kappa shape index (κ1) is 20.3. The van der Waals surface area contributed by atoms with Crippen molar-refractivity contribution in [1.29, 1.82) is 0 Å². The minimum atomic E-state index is -3.91. The van der Waals surface area contributed by atoms with Crippen molar-refractivity contribution >= 4 is 16.0 Å². The smallest absolute Gasteiger partial charge is 0.335 e. The van der Waals surface area contributed by atoms with E-state index < -0.39 is 16.0 Å². The van der Waals surface area contributed by atoms with E-state index in [0.717, 1.165) is 17.4 Å². The molecule has 150 valence electrons. The Kier molecular flexibility index (Phi) is 5.74. The average Bonchev–Trinajstić information content (AvgIpc) is 2.91. The van der Waals surface area contributed by atoms with E-state index in [2.05, 4.69) is 4.83 Å². The molecule has 3 atom stereocenters. The fourth-order valence-electron chi connectivity index (χ4n) is 3.33. The Morgan fingerprint density at radius 2 is 1.86 bits per heavy atom. The Labute approximate surface area is 165 Å². The molecule has 1 heterocycles. The molecule has 2 N–H and O–H groups in total. The maximum atomic E-state index is 12.8. The third-order valence-corrected chi connectivity index (χ3v) is 6.28. The van der Waals surface area contributed by atoms with Crippen LogP contribution in [0.2, 0.25) is 0 Å². The van der Waals surface area contributed by atoms with Crippen LogP contribution in [0.15, 0.2) is 53.4 Å². The van der Waals surface area contributed by atoms with Crippen LogP contribution in [0.5, 0.6) is 5.75 Å². The summed E-state index contributed by atoms with van der Waals surface area (Å²) in [6, 6.07) is 12.7. The molecule has 3 rings (SSSR count). The van der Waals surface area contributed by atoms with E-state index in [1.54, 1.807) is 5.01 Å². The van der Waals surface area contributed by atoms with Gasteiger partial charge in [-0.3, -0.25) is 0 Å². The highest BCUT2D eigenvalue weighted by Gasteiger charge is 2.40. The molecule has 8 heteroatoms. The van der Waals surface area contributed by atoms with Crippen molar-refractivity contribution in [2.45, 2.75) is 50.3 Å². The van der Waals surface area contributed by atoms with Crippen LogP contribution in [-0.2, 0) is 10.0 Å². The topological polar surface area (TPSA) is 95.9 Å². The number of hydrogen-bond acceptors (Lipinski definition) is 5. The van der Waals surface area contributed by atoms with E-state index in [-0.39, 0.29) is 28.6 Å². The molecular weight excluding hydrogens is 380 g/mol. The van der Waals surface area contributed by atoms with Crippen LogP contribution >= 0.6 is 0 Å². The van der Waals surface area contributed by atoms with Gasteiger partial charge in [0, 0.05) is 12.5 Å². The second-order valence-corrected chi connectivity index (χ2v) is 8.79. The first-order chi connectivity index (χ1) is 13.2. The monoisotopic (exact) mass is 404 g/mol. The largest absolute Gasteiger partial charge is 0.489 e. The number of ether oxygens (including phenoxy) is 1. The number of hydrogen-bond donors (Lipinski definition) is 2. The molecule has 0 radical (unpaired) electrons. The molecule has 1 aliphatic heterocycles. The minimum absolute atomic E-state index is 0.0778. The van der Waals surface area contributed by atoms with Gasteiger partial charge in [-0.25, -0.2) is 18.2 Å². The van der Waals surface area contributed by atoms with Gasteiger partial charge in [-0.1, -0.05) is 23.8 Å². The van der Waals surface area contributed by atoms with E-state index >= 15 is 0 Å². The van der Waals surface area contributed by atoms with Crippen molar-refractivity contribution in [2.75, 3.05) is 0 Å². The van der Waals surface area contributed by atoms with E-state index in [1.165, 1.54) is 18.2 Å². The van der Waals surface area contributed by atoms with Crippen LogP contribution in [0.1, 0.15) is 36.2 Å². The lowest BCUT2D eigenvalue weighted by atomic mass is 10.1. The number of carbonyl (C=O) groups is 1. The summed E-state index contributed by atoms with van der Waals surface area (Å²) in [6.45, 7) is 5.82. The van der Waals surface area contributed by atoms with Gasteiger partial charge in [-0.2, -0.15) is 0 Å². The van der Waals surface area contributed by atoms with Gasteiger partial charge in [0.2, 0.25) is 0 Å². The van der Waals surface area contributed by atoms with Gasteiger partial charge in [0.05, 0.1) is 16.5 Å². The van der Waals surface area contributed by atoms with Gasteiger partial charge in [-0.15, -0.1) is 4.83 Å². The molecule has 7 nitrogen and oxygen atoms in total. The van der Waals surface area contributed by atoms with Gasteiger partial charge >= 0.3 is 5.97 Å². The Bertz CT molecular complexity index is 959. The molecule has 1 saturated heterocycles. The molecule has 28 heavy (non-hydrogen) atoms. The molecule has 0 aromatic heterocycles. The van der Waals surface area contributed by atoms with Crippen LogP contribution in [0.25, 0.3) is 0 Å². The molecular formula is C20H24N2O5S. The highest BCUT2D eigenvalue weighted by Crippen LogP contribution is 2.28. The Morgan fingerprint density at radius 3 is 2.50 bits per heavy atom. The molecule has 2 aromatic carbocycles. The average molecular weight is 404 g/mol. The van der Waals surface area contributed by atoms with Crippen molar-refractivity contribution < 1.29 is 23.1 Å². The summed E-state index contributed by atoms with van der Waals surface area (Å²) in [5.41, 5.74) is 1.06. The number of aryl methyl sites for hydroxylation is 1. The lowest BCUT2D eigenvalue weighted by molar-refractivity contribution is 0.0696. The fraction of sp³-hybridized carbons (Fsp3) is 0.350. The van der Waals surface area contributed by atoms with Gasteiger partial charge in [0.25, 0.3) is 10.0 Å². The van der Waals surface area contributed by atoms with Crippen molar-refractivity contribution in [3.05, 3.63) is 59.7 Å². The molecule has 0 spiro atoms. The van der Waals surface area contributed by atoms with Crippen LogP contribution in [0.3, 0.4) is 0 Å². The first-order valence-electron chi connectivity index (χ1n) is 9.05. The first-order valence-corrected chi connectivity index (χ1v) is 10.5. The molecule has 1 aliphatic rings. The summed E-state index contributed by atoms with van der Waals surface area (Å²) in [5.74, 6) is -0.431. The molecule has 0 bridgehead atoms. The number of rotatable bonds is 6. The number of sulfonamides is 1. The van der Waals surface area contributed by atoms with Gasteiger partial charge in [0.1, 0.15) is 11.9 Å². The van der Waals surface area contributed by atoms with E-state index in [4.69, 9.17) is 9.84 Å². The van der Waals surface area contributed by atoms with Gasteiger partial charge < -0.3 is 9.84 Å². The number of nitrogens with one attached hydrogen (secondary N) is 1. The number of nitrogens with zero attached hydrogens (tertiary/aromatic N) is 1. The lowest BCUT2D eigenvalue weighted by Crippen LogP contribution is -2.49. The van der Waals surface area contributed by atoms with E-state index in [1.807, 2.05) is 45.0 Å². The standard InChI is InChI=1S/C20H24N2O5S/c1-13-7-9-17(10-8-13)27-19-11-14(2)22(15(19)3)21-28(25,26)18-6-4-5-16(12-18)20(23)24/h4-10,12,14-15,19,21H,11H2,1-3H3,(H,23,24). The van der Waals surface area contributed by atoms with Crippen molar-refractivity contribution in [3.8, 4) is 5.75 Å². The molecule has 1 fully saturated rings. The Balaban J connectivity index is 1.75. The molecule has 0 aliphatic carbocycles. The van der Waals surface area contributed by atoms with Crippen molar-refractivity contribution in [2.24, 2.45) is 0 Å². The van der Waals surface area contributed by atoms with E-state index in [0.29, 0.717) is 6.42 Å². The zero-order chi connectivity index (χ0) is 20.5. The Hall–Kier alpha value is -2.42.